The second kappa shape index (κ2) is 6.00. The van der Waals surface area contributed by atoms with Crippen LogP contribution in [-0.4, -0.2) is 33.2 Å². The molecule has 0 spiro atoms. The molecule has 0 aliphatic carbocycles. The van der Waals surface area contributed by atoms with Crippen LogP contribution in [0.4, 0.5) is 13.2 Å². The van der Waals surface area contributed by atoms with Crippen molar-refractivity contribution >= 4 is 11.3 Å². The molecule has 0 amide bonds. The number of hydrogen-bond donors (Lipinski definition) is 1. The van der Waals surface area contributed by atoms with Gasteiger partial charge in [-0.3, -0.25) is 10.00 Å². The number of aromatic amines is 1. The Balaban J connectivity index is 1.66. The van der Waals surface area contributed by atoms with E-state index in [4.69, 9.17) is 0 Å². The van der Waals surface area contributed by atoms with E-state index >= 15 is 0 Å². The van der Waals surface area contributed by atoms with Gasteiger partial charge >= 0.3 is 6.18 Å². The predicted octanol–water partition coefficient (Wildman–Crippen LogP) is 3.57. The molecule has 1 N–H and O–H groups in total. The van der Waals surface area contributed by atoms with Gasteiger partial charge < -0.3 is 0 Å². The second-order valence-electron chi connectivity index (χ2n) is 5.63. The number of halogens is 3. The summed E-state index contributed by atoms with van der Waals surface area (Å²) in [6.07, 6.45) is -0.647. The third-order valence-electron chi connectivity index (χ3n) is 3.88. The molecule has 2 aromatic heterocycles. The van der Waals surface area contributed by atoms with Crippen molar-refractivity contribution in [2.75, 3.05) is 13.1 Å². The second-order valence-corrected chi connectivity index (χ2v) is 6.95. The number of hydrogen-bond acceptors (Lipinski definition) is 4. The standard InChI is InChI=1S/C14H17F3N4S/c1-9-18-6-11(22-9)8-21-4-2-3-10(7-21)12-5-13(20-19-12)14(15,16)17/h5-6,10H,2-4,7-8H2,1H3,(H,19,20). The highest BCUT2D eigenvalue weighted by molar-refractivity contribution is 7.11. The van der Waals surface area contributed by atoms with Gasteiger partial charge in [0.25, 0.3) is 0 Å². The van der Waals surface area contributed by atoms with Crippen LogP contribution in [0.3, 0.4) is 0 Å². The molecule has 22 heavy (non-hydrogen) atoms. The van der Waals surface area contributed by atoms with Gasteiger partial charge in [0.05, 0.1) is 5.01 Å². The summed E-state index contributed by atoms with van der Waals surface area (Å²) in [7, 11) is 0. The lowest BCUT2D eigenvalue weighted by molar-refractivity contribution is -0.141. The molecule has 1 saturated heterocycles. The van der Waals surface area contributed by atoms with Crippen molar-refractivity contribution in [1.29, 1.82) is 0 Å². The number of aromatic nitrogens is 3. The first kappa shape index (κ1) is 15.5. The molecule has 2 aromatic rings. The highest BCUT2D eigenvalue weighted by Gasteiger charge is 2.35. The summed E-state index contributed by atoms with van der Waals surface area (Å²) < 4.78 is 37.9. The average molecular weight is 330 g/mol. The third kappa shape index (κ3) is 3.49. The lowest BCUT2D eigenvalue weighted by atomic mass is 9.94. The Hall–Kier alpha value is -1.41. The molecule has 1 aliphatic rings. The number of likely N-dealkylation sites (tertiary alicyclic amines) is 1. The number of alkyl halides is 3. The predicted molar refractivity (Wildman–Crippen MR) is 77.7 cm³/mol. The number of rotatable bonds is 3. The topological polar surface area (TPSA) is 44.8 Å². The van der Waals surface area contributed by atoms with Gasteiger partial charge in [0.1, 0.15) is 0 Å². The van der Waals surface area contributed by atoms with Gasteiger partial charge in [-0.25, -0.2) is 4.98 Å². The van der Waals surface area contributed by atoms with E-state index in [1.165, 1.54) is 4.88 Å². The van der Waals surface area contributed by atoms with E-state index in [1.54, 1.807) is 11.3 Å². The molecular weight excluding hydrogens is 313 g/mol. The Morgan fingerprint density at radius 3 is 2.91 bits per heavy atom. The summed E-state index contributed by atoms with van der Waals surface area (Å²) in [6, 6.07) is 1.14. The highest BCUT2D eigenvalue weighted by Crippen LogP contribution is 2.32. The Morgan fingerprint density at radius 1 is 1.45 bits per heavy atom. The van der Waals surface area contributed by atoms with Gasteiger partial charge in [-0.15, -0.1) is 11.3 Å². The van der Waals surface area contributed by atoms with E-state index in [0.717, 1.165) is 43.5 Å². The summed E-state index contributed by atoms with van der Waals surface area (Å²) in [5.74, 6) is 0.0753. The van der Waals surface area contributed by atoms with Crippen LogP contribution in [0.2, 0.25) is 0 Å². The van der Waals surface area contributed by atoms with Crippen molar-refractivity contribution in [2.24, 2.45) is 0 Å². The molecule has 8 heteroatoms. The van der Waals surface area contributed by atoms with Crippen LogP contribution >= 0.6 is 11.3 Å². The molecule has 3 rings (SSSR count). The third-order valence-corrected chi connectivity index (χ3v) is 4.78. The number of aryl methyl sites for hydroxylation is 1. The maximum atomic E-state index is 12.6. The molecule has 4 nitrogen and oxygen atoms in total. The smallest absolute Gasteiger partial charge is 0.298 e. The molecule has 120 valence electrons. The molecule has 0 bridgehead atoms. The van der Waals surface area contributed by atoms with Crippen LogP contribution in [0.5, 0.6) is 0 Å². The highest BCUT2D eigenvalue weighted by atomic mass is 32.1. The minimum atomic E-state index is -4.39. The van der Waals surface area contributed by atoms with E-state index in [0.29, 0.717) is 5.69 Å². The Kier molecular flexibility index (Phi) is 4.22. The van der Waals surface area contributed by atoms with Crippen molar-refractivity contribution in [3.05, 3.63) is 33.5 Å². The van der Waals surface area contributed by atoms with Crippen molar-refractivity contribution in [2.45, 2.75) is 38.4 Å². The van der Waals surface area contributed by atoms with Crippen molar-refractivity contribution in [3.63, 3.8) is 0 Å². The SMILES string of the molecule is Cc1ncc(CN2CCCC(c3cc(C(F)(F)F)n[nH]3)C2)s1. The number of nitrogens with zero attached hydrogens (tertiary/aromatic N) is 3. The molecule has 3 heterocycles. The lowest BCUT2D eigenvalue weighted by Gasteiger charge is -2.31. The van der Waals surface area contributed by atoms with E-state index in [2.05, 4.69) is 20.1 Å². The van der Waals surface area contributed by atoms with Crippen LogP contribution < -0.4 is 0 Å². The van der Waals surface area contributed by atoms with E-state index in [9.17, 15) is 13.2 Å². The number of thiazole rings is 1. The minimum Gasteiger partial charge on any atom is -0.298 e. The summed E-state index contributed by atoms with van der Waals surface area (Å²) >= 11 is 1.66. The fourth-order valence-corrected chi connectivity index (χ4v) is 3.68. The molecular formula is C14H17F3N4S. The average Bonchev–Trinajstić information content (AvgIpc) is 3.08. The van der Waals surface area contributed by atoms with E-state index < -0.39 is 11.9 Å². The van der Waals surface area contributed by atoms with Gasteiger partial charge in [-0.05, 0) is 32.4 Å². The normalized spacial score (nSPS) is 20.5. The first-order valence-corrected chi connectivity index (χ1v) is 7.99. The van der Waals surface area contributed by atoms with Crippen LogP contribution in [0, 0.1) is 6.92 Å². The quantitative estimate of drug-likeness (QED) is 0.936. The van der Waals surface area contributed by atoms with Gasteiger partial charge in [-0.1, -0.05) is 0 Å². The van der Waals surface area contributed by atoms with Crippen LogP contribution in [0.15, 0.2) is 12.3 Å². The molecule has 0 saturated carbocycles. The monoisotopic (exact) mass is 330 g/mol. The van der Waals surface area contributed by atoms with Gasteiger partial charge in [0.15, 0.2) is 5.69 Å². The van der Waals surface area contributed by atoms with Gasteiger partial charge in [-0.2, -0.15) is 18.3 Å². The largest absolute Gasteiger partial charge is 0.435 e. The van der Waals surface area contributed by atoms with E-state index in [-0.39, 0.29) is 5.92 Å². The number of nitrogens with one attached hydrogen (secondary N) is 1. The molecule has 1 unspecified atom stereocenters. The Morgan fingerprint density at radius 2 is 2.27 bits per heavy atom. The van der Waals surface area contributed by atoms with Gasteiger partial charge in [0, 0.05) is 35.8 Å². The number of H-pyrrole nitrogens is 1. The fraction of sp³-hybridized carbons (Fsp3) is 0.571. The Labute approximate surface area is 130 Å². The zero-order valence-corrected chi connectivity index (χ0v) is 13.0. The van der Waals surface area contributed by atoms with E-state index in [1.807, 2.05) is 13.1 Å². The van der Waals surface area contributed by atoms with Crippen molar-refractivity contribution < 1.29 is 13.2 Å². The molecule has 1 aliphatic heterocycles. The fourth-order valence-electron chi connectivity index (χ4n) is 2.84. The van der Waals surface area contributed by atoms with Crippen LogP contribution in [0.25, 0.3) is 0 Å². The zero-order valence-electron chi connectivity index (χ0n) is 12.2. The summed E-state index contributed by atoms with van der Waals surface area (Å²) in [5, 5.41) is 7.00. The maximum absolute atomic E-state index is 12.6. The summed E-state index contributed by atoms with van der Waals surface area (Å²) in [4.78, 5) is 7.71. The van der Waals surface area contributed by atoms with Gasteiger partial charge in [0.2, 0.25) is 0 Å². The van der Waals surface area contributed by atoms with Crippen molar-refractivity contribution in [3.8, 4) is 0 Å². The molecule has 0 radical (unpaired) electrons. The minimum absolute atomic E-state index is 0.0753. The maximum Gasteiger partial charge on any atom is 0.435 e. The van der Waals surface area contributed by atoms with Crippen LogP contribution in [-0.2, 0) is 12.7 Å². The summed E-state index contributed by atoms with van der Waals surface area (Å²) in [6.45, 7) is 4.49. The first-order valence-electron chi connectivity index (χ1n) is 7.18. The van der Waals surface area contributed by atoms with Crippen molar-refractivity contribution in [1.82, 2.24) is 20.1 Å². The lowest BCUT2D eigenvalue weighted by Crippen LogP contribution is -2.33. The first-order chi connectivity index (χ1) is 10.4. The Bertz CT molecular complexity index is 634. The zero-order chi connectivity index (χ0) is 15.7. The van der Waals surface area contributed by atoms with Crippen LogP contribution in [0.1, 0.15) is 40.0 Å². The summed E-state index contributed by atoms with van der Waals surface area (Å²) in [5.41, 5.74) is -0.254. The molecule has 1 fully saturated rings. The molecule has 1 atom stereocenters. The molecule has 0 aromatic carbocycles. The number of piperidine rings is 1.